The lowest BCUT2D eigenvalue weighted by Gasteiger charge is -2.41. The van der Waals surface area contributed by atoms with E-state index in [0.29, 0.717) is 6.04 Å². The van der Waals surface area contributed by atoms with E-state index >= 15 is 0 Å². The standard InChI is InChI=1S/C21H26ClN3S/c1-16(2)23-21(26)25-14-12-24(13-15-25)20(17-6-4-3-5-7-17)18-8-10-19(22)11-9-18/h3-11,16,20H,12-15H2,1-2H3,(H,23,26). The van der Waals surface area contributed by atoms with Gasteiger partial charge in [0.05, 0.1) is 6.04 Å². The topological polar surface area (TPSA) is 18.5 Å². The van der Waals surface area contributed by atoms with E-state index in [2.05, 4.69) is 71.4 Å². The van der Waals surface area contributed by atoms with Crippen LogP contribution in [0.1, 0.15) is 31.0 Å². The average molecular weight is 388 g/mol. The zero-order valence-corrected chi connectivity index (χ0v) is 16.9. The number of hydrogen-bond acceptors (Lipinski definition) is 2. The highest BCUT2D eigenvalue weighted by atomic mass is 35.5. The highest BCUT2D eigenvalue weighted by molar-refractivity contribution is 7.80. The van der Waals surface area contributed by atoms with Crippen molar-refractivity contribution in [3.8, 4) is 0 Å². The first kappa shape index (κ1) is 19.2. The van der Waals surface area contributed by atoms with Gasteiger partial charge in [-0.1, -0.05) is 54.1 Å². The summed E-state index contributed by atoms with van der Waals surface area (Å²) in [4.78, 5) is 4.81. The summed E-state index contributed by atoms with van der Waals surface area (Å²) in [6, 6.07) is 19.5. The molecule has 1 unspecified atom stereocenters. The SMILES string of the molecule is CC(C)NC(=S)N1CCN(C(c2ccccc2)c2ccc(Cl)cc2)CC1. The first-order chi connectivity index (χ1) is 12.5. The number of benzene rings is 2. The second-order valence-electron chi connectivity index (χ2n) is 6.99. The third-order valence-electron chi connectivity index (χ3n) is 4.68. The number of thiocarbonyl (C=S) groups is 1. The van der Waals surface area contributed by atoms with E-state index < -0.39 is 0 Å². The van der Waals surface area contributed by atoms with Gasteiger partial charge in [0.2, 0.25) is 0 Å². The predicted molar refractivity (Wildman–Crippen MR) is 114 cm³/mol. The van der Waals surface area contributed by atoms with Gasteiger partial charge in [-0.2, -0.15) is 0 Å². The van der Waals surface area contributed by atoms with Gasteiger partial charge in [-0.3, -0.25) is 4.90 Å². The largest absolute Gasteiger partial charge is 0.360 e. The second kappa shape index (κ2) is 8.85. The first-order valence-corrected chi connectivity index (χ1v) is 9.93. The zero-order chi connectivity index (χ0) is 18.5. The van der Waals surface area contributed by atoms with Gasteiger partial charge in [0.1, 0.15) is 0 Å². The Kier molecular flexibility index (Phi) is 6.52. The minimum absolute atomic E-state index is 0.238. The molecule has 0 bridgehead atoms. The molecule has 0 saturated carbocycles. The summed E-state index contributed by atoms with van der Waals surface area (Å²) < 4.78 is 0. The van der Waals surface area contributed by atoms with E-state index in [-0.39, 0.29) is 6.04 Å². The van der Waals surface area contributed by atoms with Crippen LogP contribution in [-0.4, -0.2) is 47.1 Å². The maximum absolute atomic E-state index is 6.10. The summed E-state index contributed by atoms with van der Waals surface area (Å²) in [5, 5.41) is 4.99. The molecule has 0 spiro atoms. The van der Waals surface area contributed by atoms with Crippen LogP contribution < -0.4 is 5.32 Å². The van der Waals surface area contributed by atoms with Crippen molar-refractivity contribution in [3.05, 3.63) is 70.7 Å². The van der Waals surface area contributed by atoms with Gasteiger partial charge in [0.25, 0.3) is 0 Å². The Bertz CT molecular complexity index is 710. The number of piperazine rings is 1. The lowest BCUT2D eigenvalue weighted by atomic mass is 9.96. The highest BCUT2D eigenvalue weighted by Gasteiger charge is 2.27. The lowest BCUT2D eigenvalue weighted by Crippen LogP contribution is -2.53. The van der Waals surface area contributed by atoms with Crippen LogP contribution in [0.15, 0.2) is 54.6 Å². The van der Waals surface area contributed by atoms with Crippen LogP contribution in [-0.2, 0) is 0 Å². The van der Waals surface area contributed by atoms with Gasteiger partial charge in [-0.15, -0.1) is 0 Å². The quantitative estimate of drug-likeness (QED) is 0.786. The highest BCUT2D eigenvalue weighted by Crippen LogP contribution is 2.30. The molecule has 1 fully saturated rings. The normalized spacial score (nSPS) is 16.5. The van der Waals surface area contributed by atoms with E-state index in [4.69, 9.17) is 23.8 Å². The molecular formula is C21H26ClN3S. The van der Waals surface area contributed by atoms with Crippen molar-refractivity contribution in [2.75, 3.05) is 26.2 Å². The molecule has 1 saturated heterocycles. The Balaban J connectivity index is 1.77. The number of nitrogens with one attached hydrogen (secondary N) is 1. The molecule has 138 valence electrons. The van der Waals surface area contributed by atoms with Crippen molar-refractivity contribution in [2.45, 2.75) is 25.9 Å². The monoisotopic (exact) mass is 387 g/mol. The van der Waals surface area contributed by atoms with Gasteiger partial charge in [-0.05, 0) is 49.3 Å². The first-order valence-electron chi connectivity index (χ1n) is 9.14. The van der Waals surface area contributed by atoms with E-state index in [1.807, 2.05) is 12.1 Å². The zero-order valence-electron chi connectivity index (χ0n) is 15.4. The van der Waals surface area contributed by atoms with Crippen LogP contribution in [0.5, 0.6) is 0 Å². The molecule has 0 amide bonds. The molecule has 1 aliphatic rings. The molecule has 0 aliphatic carbocycles. The van der Waals surface area contributed by atoms with Crippen molar-refractivity contribution in [2.24, 2.45) is 0 Å². The van der Waals surface area contributed by atoms with Crippen LogP contribution >= 0.6 is 23.8 Å². The van der Waals surface area contributed by atoms with Crippen molar-refractivity contribution in [3.63, 3.8) is 0 Å². The molecule has 2 aromatic carbocycles. The Morgan fingerprint density at radius 1 is 0.923 bits per heavy atom. The number of rotatable bonds is 4. The maximum atomic E-state index is 6.10. The van der Waals surface area contributed by atoms with Gasteiger partial charge in [0, 0.05) is 37.2 Å². The molecule has 1 heterocycles. The van der Waals surface area contributed by atoms with Crippen LogP contribution in [0.3, 0.4) is 0 Å². The minimum atomic E-state index is 0.238. The van der Waals surface area contributed by atoms with Crippen LogP contribution in [0, 0.1) is 0 Å². The molecule has 26 heavy (non-hydrogen) atoms. The molecule has 5 heteroatoms. The predicted octanol–water partition coefficient (Wildman–Crippen LogP) is 4.33. The molecule has 0 radical (unpaired) electrons. The summed E-state index contributed by atoms with van der Waals surface area (Å²) in [7, 11) is 0. The molecule has 1 N–H and O–H groups in total. The summed E-state index contributed by atoms with van der Waals surface area (Å²) in [5.41, 5.74) is 2.59. The fourth-order valence-corrected chi connectivity index (χ4v) is 3.96. The minimum Gasteiger partial charge on any atom is -0.360 e. The fraction of sp³-hybridized carbons (Fsp3) is 0.381. The third-order valence-corrected chi connectivity index (χ3v) is 5.31. The molecule has 3 rings (SSSR count). The van der Waals surface area contributed by atoms with Gasteiger partial charge in [-0.25, -0.2) is 0 Å². The molecule has 0 aromatic heterocycles. The van der Waals surface area contributed by atoms with Gasteiger partial charge >= 0.3 is 0 Å². The smallest absolute Gasteiger partial charge is 0.169 e. The maximum Gasteiger partial charge on any atom is 0.169 e. The Hall–Kier alpha value is -1.62. The summed E-state index contributed by atoms with van der Waals surface area (Å²) in [6.07, 6.45) is 0. The molecule has 3 nitrogen and oxygen atoms in total. The number of hydrogen-bond donors (Lipinski definition) is 1. The number of halogens is 1. The van der Waals surface area contributed by atoms with E-state index in [0.717, 1.165) is 36.3 Å². The van der Waals surface area contributed by atoms with Crippen LogP contribution in [0.2, 0.25) is 5.02 Å². The van der Waals surface area contributed by atoms with Gasteiger partial charge < -0.3 is 10.2 Å². The van der Waals surface area contributed by atoms with Crippen LogP contribution in [0.4, 0.5) is 0 Å². The second-order valence-corrected chi connectivity index (χ2v) is 7.82. The Morgan fingerprint density at radius 2 is 1.50 bits per heavy atom. The van der Waals surface area contributed by atoms with Crippen LogP contribution in [0.25, 0.3) is 0 Å². The van der Waals surface area contributed by atoms with Crippen molar-refractivity contribution >= 4 is 28.9 Å². The molecule has 1 aliphatic heterocycles. The Labute approximate surface area is 166 Å². The van der Waals surface area contributed by atoms with E-state index in [1.54, 1.807) is 0 Å². The molecular weight excluding hydrogens is 362 g/mol. The summed E-state index contributed by atoms with van der Waals surface area (Å²) in [5.74, 6) is 0. The fourth-order valence-electron chi connectivity index (χ4n) is 3.42. The van der Waals surface area contributed by atoms with Crippen molar-refractivity contribution in [1.29, 1.82) is 0 Å². The van der Waals surface area contributed by atoms with E-state index in [9.17, 15) is 0 Å². The molecule has 2 aromatic rings. The van der Waals surface area contributed by atoms with Crippen molar-refractivity contribution in [1.82, 2.24) is 15.1 Å². The van der Waals surface area contributed by atoms with Crippen molar-refractivity contribution < 1.29 is 0 Å². The Morgan fingerprint density at radius 3 is 2.08 bits per heavy atom. The van der Waals surface area contributed by atoms with E-state index in [1.165, 1.54) is 11.1 Å². The number of nitrogens with zero attached hydrogens (tertiary/aromatic N) is 2. The summed E-state index contributed by atoms with van der Waals surface area (Å²) >= 11 is 11.6. The summed E-state index contributed by atoms with van der Waals surface area (Å²) in [6.45, 7) is 8.07. The molecule has 1 atom stereocenters. The lowest BCUT2D eigenvalue weighted by molar-refractivity contribution is 0.149. The average Bonchev–Trinajstić information content (AvgIpc) is 2.64. The van der Waals surface area contributed by atoms with Gasteiger partial charge in [0.15, 0.2) is 5.11 Å². The third kappa shape index (κ3) is 4.76.